The number of amides is 1. The molecule has 1 aliphatic heterocycles. The van der Waals surface area contributed by atoms with Crippen LogP contribution < -0.4 is 0 Å². The molecule has 158 valence electrons. The highest BCUT2D eigenvalue weighted by Crippen LogP contribution is 2.36. The summed E-state index contributed by atoms with van der Waals surface area (Å²) in [4.78, 5) is 40.0. The highest BCUT2D eigenvalue weighted by molar-refractivity contribution is 8.18. The lowest BCUT2D eigenvalue weighted by Gasteiger charge is -2.12. The number of benzene rings is 2. The molecule has 2 aromatic rings. The van der Waals surface area contributed by atoms with Crippen LogP contribution in [0, 0.1) is 10.1 Å². The van der Waals surface area contributed by atoms with E-state index in [1.54, 1.807) is 0 Å². The van der Waals surface area contributed by atoms with Crippen LogP contribution in [0.2, 0.25) is 0 Å². The number of carboxylic acid groups (broad SMARTS) is 1. The van der Waals surface area contributed by atoms with Gasteiger partial charge in [0.2, 0.25) is 0 Å². The predicted molar refractivity (Wildman–Crippen MR) is 114 cm³/mol. The maximum atomic E-state index is 12.8. The quantitative estimate of drug-likeness (QED) is 0.266. The van der Waals surface area contributed by atoms with E-state index >= 15 is 0 Å². The molecule has 0 unspecified atom stereocenters. The summed E-state index contributed by atoms with van der Waals surface area (Å²) in [5, 5.41) is 40.1. The molecule has 10 nitrogen and oxygen atoms in total. The maximum absolute atomic E-state index is 12.8. The van der Waals surface area contributed by atoms with E-state index in [-0.39, 0.29) is 44.9 Å². The molecule has 0 saturated carbocycles. The van der Waals surface area contributed by atoms with E-state index in [0.717, 1.165) is 36.0 Å². The smallest absolute Gasteiger partial charge is 0.339 e. The highest BCUT2D eigenvalue weighted by atomic mass is 32.2. The Morgan fingerprint density at radius 3 is 2.58 bits per heavy atom. The third-order valence-electron chi connectivity index (χ3n) is 4.14. The third kappa shape index (κ3) is 4.56. The van der Waals surface area contributed by atoms with Crippen LogP contribution in [0.15, 0.2) is 59.0 Å². The van der Waals surface area contributed by atoms with Crippen molar-refractivity contribution in [2.45, 2.75) is 0 Å². The van der Waals surface area contributed by atoms with Crippen LogP contribution in [0.4, 0.5) is 11.4 Å². The van der Waals surface area contributed by atoms with Crippen LogP contribution in [-0.2, 0) is 4.79 Å². The number of nitro benzene ring substituents is 1. The molecule has 3 N–H and O–H groups in total. The van der Waals surface area contributed by atoms with Crippen molar-refractivity contribution in [2.24, 2.45) is 4.99 Å². The first kappa shape index (κ1) is 21.6. The molecule has 1 fully saturated rings. The Balaban J connectivity index is 2.00. The molecule has 1 heterocycles. The summed E-state index contributed by atoms with van der Waals surface area (Å²) in [6.45, 7) is 3.71. The van der Waals surface area contributed by atoms with Crippen molar-refractivity contribution in [3.8, 4) is 11.5 Å². The number of rotatable bonds is 6. The number of non-ortho nitro benzene ring substituents is 1. The Morgan fingerprint density at radius 1 is 1.23 bits per heavy atom. The number of hydrogen-bond donors (Lipinski definition) is 3. The Bertz CT molecular complexity index is 1170. The molecule has 1 amide bonds. The summed E-state index contributed by atoms with van der Waals surface area (Å²) in [7, 11) is 0. The van der Waals surface area contributed by atoms with E-state index in [2.05, 4.69) is 11.6 Å². The highest BCUT2D eigenvalue weighted by Gasteiger charge is 2.33. The lowest BCUT2D eigenvalue weighted by atomic mass is 10.1. The van der Waals surface area contributed by atoms with Gasteiger partial charge in [0.05, 0.1) is 15.5 Å². The SMILES string of the molecule is C=CCN1C(=O)/C(=C/c2cc([N+](=O)[O-])ccc2O)SC1=Nc1ccc(C(=O)O)c(O)c1. The maximum Gasteiger partial charge on any atom is 0.339 e. The number of nitro groups is 1. The Morgan fingerprint density at radius 2 is 1.97 bits per heavy atom. The van der Waals surface area contributed by atoms with Crippen molar-refractivity contribution in [1.29, 1.82) is 0 Å². The number of carboxylic acids is 1. The Labute approximate surface area is 179 Å². The molecule has 31 heavy (non-hydrogen) atoms. The van der Waals surface area contributed by atoms with Crippen molar-refractivity contribution in [3.05, 3.63) is 75.2 Å². The second-order valence-electron chi connectivity index (χ2n) is 6.22. The molecular formula is C20H15N3O7S. The van der Waals surface area contributed by atoms with E-state index in [9.17, 15) is 29.9 Å². The summed E-state index contributed by atoms with van der Waals surface area (Å²) in [6.07, 6.45) is 2.80. The summed E-state index contributed by atoms with van der Waals surface area (Å²) in [5.41, 5.74) is -0.227. The van der Waals surface area contributed by atoms with Crippen molar-refractivity contribution < 1.29 is 29.8 Å². The summed E-state index contributed by atoms with van der Waals surface area (Å²) in [6, 6.07) is 7.17. The number of phenolic OH excluding ortho intramolecular Hbond substituents is 1. The zero-order valence-corrected chi connectivity index (χ0v) is 16.6. The van der Waals surface area contributed by atoms with E-state index in [1.807, 2.05) is 0 Å². The van der Waals surface area contributed by atoms with Crippen LogP contribution in [0.25, 0.3) is 6.08 Å². The number of aromatic hydroxyl groups is 2. The van der Waals surface area contributed by atoms with Gasteiger partial charge in [-0.15, -0.1) is 6.58 Å². The Kier molecular flexibility index (Phi) is 6.07. The molecular weight excluding hydrogens is 426 g/mol. The summed E-state index contributed by atoms with van der Waals surface area (Å²) in [5.74, 6) is -2.46. The second kappa shape index (κ2) is 8.71. The van der Waals surface area contributed by atoms with Gasteiger partial charge in [0, 0.05) is 30.3 Å². The molecule has 0 radical (unpaired) electrons. The number of aliphatic imine (C=N–C) groups is 1. The molecule has 0 spiro atoms. The first-order valence-corrected chi connectivity index (χ1v) is 9.47. The molecule has 1 saturated heterocycles. The van der Waals surface area contributed by atoms with Gasteiger partial charge >= 0.3 is 5.97 Å². The molecule has 0 bridgehead atoms. The van der Waals surface area contributed by atoms with Crippen LogP contribution in [0.1, 0.15) is 15.9 Å². The fourth-order valence-corrected chi connectivity index (χ4v) is 3.67. The van der Waals surface area contributed by atoms with Gasteiger partial charge in [-0.1, -0.05) is 6.08 Å². The molecule has 0 aromatic heterocycles. The van der Waals surface area contributed by atoms with E-state index in [0.29, 0.717) is 0 Å². The zero-order valence-electron chi connectivity index (χ0n) is 15.8. The number of hydrogen-bond acceptors (Lipinski definition) is 8. The molecule has 0 atom stereocenters. The minimum absolute atomic E-state index is 0.0910. The third-order valence-corrected chi connectivity index (χ3v) is 5.15. The predicted octanol–water partition coefficient (Wildman–Crippen LogP) is 3.49. The van der Waals surface area contributed by atoms with Crippen molar-refractivity contribution in [3.63, 3.8) is 0 Å². The van der Waals surface area contributed by atoms with Crippen molar-refractivity contribution in [2.75, 3.05) is 6.54 Å². The first-order chi connectivity index (χ1) is 14.7. The normalized spacial score (nSPS) is 16.1. The molecule has 2 aromatic carbocycles. The van der Waals surface area contributed by atoms with E-state index in [1.165, 1.54) is 29.2 Å². The van der Waals surface area contributed by atoms with Crippen LogP contribution in [0.5, 0.6) is 11.5 Å². The van der Waals surface area contributed by atoms with Gasteiger partial charge in [0.15, 0.2) is 5.17 Å². The number of amidine groups is 1. The van der Waals surface area contributed by atoms with Gasteiger partial charge in [0.1, 0.15) is 17.1 Å². The molecule has 11 heteroatoms. The fraction of sp³-hybridized carbons (Fsp3) is 0.0500. The number of thioether (sulfide) groups is 1. The minimum Gasteiger partial charge on any atom is -0.507 e. The minimum atomic E-state index is -1.29. The van der Waals surface area contributed by atoms with Crippen molar-refractivity contribution >= 4 is 46.3 Å². The van der Waals surface area contributed by atoms with Crippen LogP contribution in [-0.4, -0.2) is 48.7 Å². The van der Waals surface area contributed by atoms with E-state index < -0.39 is 22.5 Å². The fourth-order valence-electron chi connectivity index (χ4n) is 2.67. The number of carbonyl (C=O) groups is 2. The van der Waals surface area contributed by atoms with Crippen molar-refractivity contribution in [1.82, 2.24) is 4.90 Å². The molecule has 0 aliphatic carbocycles. The second-order valence-corrected chi connectivity index (χ2v) is 7.23. The number of nitrogens with zero attached hydrogens (tertiary/aromatic N) is 3. The first-order valence-electron chi connectivity index (χ1n) is 8.66. The molecule has 1 aliphatic rings. The van der Waals surface area contributed by atoms with Gasteiger partial charge in [-0.2, -0.15) is 0 Å². The number of carbonyl (C=O) groups excluding carboxylic acids is 1. The largest absolute Gasteiger partial charge is 0.507 e. The average Bonchev–Trinajstić information content (AvgIpc) is 2.98. The topological polar surface area (TPSA) is 154 Å². The van der Waals surface area contributed by atoms with Gasteiger partial charge < -0.3 is 15.3 Å². The van der Waals surface area contributed by atoms with Gasteiger partial charge in [-0.05, 0) is 36.0 Å². The van der Waals surface area contributed by atoms with E-state index in [4.69, 9.17) is 5.11 Å². The average molecular weight is 441 g/mol. The van der Waals surface area contributed by atoms with Gasteiger partial charge in [-0.25, -0.2) is 9.79 Å². The number of aromatic carboxylic acids is 1. The lowest BCUT2D eigenvalue weighted by molar-refractivity contribution is -0.384. The standard InChI is InChI=1S/C20H15N3O7S/c1-2-7-22-18(26)17(9-11-8-13(23(29)30)4-6-15(11)24)31-20(22)21-12-3-5-14(19(27)28)16(25)10-12/h2-6,8-10,24-25H,1,7H2,(H,27,28)/b17-9-,21-20?. The monoisotopic (exact) mass is 441 g/mol. The number of phenols is 2. The summed E-state index contributed by atoms with van der Waals surface area (Å²) >= 11 is 0.957. The van der Waals surface area contributed by atoms with Gasteiger partial charge in [-0.3, -0.25) is 19.8 Å². The lowest BCUT2D eigenvalue weighted by Crippen LogP contribution is -2.29. The zero-order chi connectivity index (χ0) is 22.7. The molecule has 3 rings (SSSR count). The Hall–Kier alpha value is -4.12. The summed E-state index contributed by atoms with van der Waals surface area (Å²) < 4.78 is 0. The van der Waals surface area contributed by atoms with Crippen LogP contribution in [0.3, 0.4) is 0 Å². The van der Waals surface area contributed by atoms with Gasteiger partial charge in [0.25, 0.3) is 11.6 Å². The van der Waals surface area contributed by atoms with Crippen LogP contribution >= 0.6 is 11.8 Å².